The maximum Gasteiger partial charge on any atom is 0.196 e. The molecule has 19 heavy (non-hydrogen) atoms. The fourth-order valence-corrected chi connectivity index (χ4v) is 2.09. The van der Waals surface area contributed by atoms with E-state index in [1.807, 2.05) is 0 Å². The van der Waals surface area contributed by atoms with E-state index in [2.05, 4.69) is 33.2 Å². The van der Waals surface area contributed by atoms with E-state index < -0.39 is 0 Å². The quantitative estimate of drug-likeness (QED) is 0.821. The number of benzene rings is 1. The highest BCUT2D eigenvalue weighted by Gasteiger charge is 2.11. The van der Waals surface area contributed by atoms with E-state index in [1.54, 1.807) is 18.3 Å². The summed E-state index contributed by atoms with van der Waals surface area (Å²) in [4.78, 5) is 4.17. The highest BCUT2D eigenvalue weighted by molar-refractivity contribution is 9.10. The van der Waals surface area contributed by atoms with Crippen molar-refractivity contribution in [2.45, 2.75) is 19.8 Å². The van der Waals surface area contributed by atoms with Gasteiger partial charge in [-0.3, -0.25) is 0 Å². The van der Waals surface area contributed by atoms with Crippen molar-refractivity contribution in [2.24, 2.45) is 0 Å². The molecular formula is C14H16BrFN2O. The first kappa shape index (κ1) is 14.2. The molecule has 3 nitrogen and oxygen atoms in total. The molecule has 1 aromatic carbocycles. The molecule has 0 fully saturated rings. The smallest absolute Gasteiger partial charge is 0.196 e. The molecule has 0 saturated carbocycles. The van der Waals surface area contributed by atoms with Crippen molar-refractivity contribution in [3.63, 3.8) is 0 Å². The summed E-state index contributed by atoms with van der Waals surface area (Å²) >= 11 is 3.32. The average Bonchev–Trinajstić information content (AvgIpc) is 2.86. The lowest BCUT2D eigenvalue weighted by Crippen LogP contribution is -2.17. The van der Waals surface area contributed by atoms with E-state index in [4.69, 9.17) is 4.42 Å². The third kappa shape index (κ3) is 3.88. The van der Waals surface area contributed by atoms with Crippen molar-refractivity contribution < 1.29 is 8.81 Å². The molecular weight excluding hydrogens is 311 g/mol. The highest BCUT2D eigenvalue weighted by Crippen LogP contribution is 2.26. The van der Waals surface area contributed by atoms with Gasteiger partial charge in [0.25, 0.3) is 0 Å². The molecule has 0 saturated heterocycles. The van der Waals surface area contributed by atoms with Gasteiger partial charge in [-0.25, -0.2) is 9.37 Å². The van der Waals surface area contributed by atoms with Crippen LogP contribution in [0.25, 0.3) is 11.3 Å². The van der Waals surface area contributed by atoms with Gasteiger partial charge in [-0.15, -0.1) is 0 Å². The second-order valence-corrected chi connectivity index (χ2v) is 5.16. The van der Waals surface area contributed by atoms with Gasteiger partial charge in [0.1, 0.15) is 5.82 Å². The van der Waals surface area contributed by atoms with Crippen LogP contribution < -0.4 is 5.32 Å². The summed E-state index contributed by atoms with van der Waals surface area (Å²) in [7, 11) is 0. The van der Waals surface area contributed by atoms with E-state index in [9.17, 15) is 4.39 Å². The van der Waals surface area contributed by atoms with Crippen molar-refractivity contribution in [3.05, 3.63) is 40.6 Å². The van der Waals surface area contributed by atoms with Crippen molar-refractivity contribution in [1.29, 1.82) is 0 Å². The Morgan fingerprint density at radius 3 is 3.00 bits per heavy atom. The predicted octanol–water partition coefficient (Wildman–Crippen LogP) is 3.79. The molecule has 0 atom stereocenters. The van der Waals surface area contributed by atoms with Crippen LogP contribution in [-0.2, 0) is 6.42 Å². The fourth-order valence-electron chi connectivity index (χ4n) is 1.73. The monoisotopic (exact) mass is 326 g/mol. The summed E-state index contributed by atoms with van der Waals surface area (Å²) < 4.78 is 20.1. The van der Waals surface area contributed by atoms with Crippen LogP contribution >= 0.6 is 15.9 Å². The molecule has 2 aromatic rings. The summed E-state index contributed by atoms with van der Waals surface area (Å²) in [5.41, 5.74) is 0.426. The van der Waals surface area contributed by atoms with Crippen LogP contribution in [0.3, 0.4) is 0 Å². The molecule has 0 aliphatic heterocycles. The fraction of sp³-hybridized carbons (Fsp3) is 0.357. The summed E-state index contributed by atoms with van der Waals surface area (Å²) in [5, 5.41) is 3.27. The first-order valence-corrected chi connectivity index (χ1v) is 7.11. The van der Waals surface area contributed by atoms with Gasteiger partial charge in [0, 0.05) is 17.4 Å². The number of nitrogens with one attached hydrogen (secondary N) is 1. The molecule has 1 heterocycles. The third-order valence-corrected chi connectivity index (χ3v) is 3.18. The zero-order valence-electron chi connectivity index (χ0n) is 10.7. The predicted molar refractivity (Wildman–Crippen MR) is 76.5 cm³/mol. The number of aromatic nitrogens is 1. The van der Waals surface area contributed by atoms with Gasteiger partial charge in [0.15, 0.2) is 11.7 Å². The van der Waals surface area contributed by atoms with Gasteiger partial charge in [-0.2, -0.15) is 0 Å². The van der Waals surface area contributed by atoms with Crippen LogP contribution in [0.1, 0.15) is 19.2 Å². The molecule has 5 heteroatoms. The van der Waals surface area contributed by atoms with E-state index in [0.717, 1.165) is 24.0 Å². The van der Waals surface area contributed by atoms with E-state index in [0.29, 0.717) is 23.6 Å². The minimum atomic E-state index is -0.310. The van der Waals surface area contributed by atoms with Crippen molar-refractivity contribution in [2.75, 3.05) is 13.1 Å². The maximum absolute atomic E-state index is 13.7. The highest BCUT2D eigenvalue weighted by atomic mass is 79.9. The molecule has 0 aliphatic rings. The Kier molecular flexibility index (Phi) is 5.10. The second-order valence-electron chi connectivity index (χ2n) is 4.24. The molecule has 102 valence electrons. The van der Waals surface area contributed by atoms with Crippen LogP contribution in [-0.4, -0.2) is 18.1 Å². The molecule has 2 rings (SSSR count). The Morgan fingerprint density at radius 1 is 1.37 bits per heavy atom. The zero-order chi connectivity index (χ0) is 13.7. The molecule has 0 radical (unpaired) electrons. The lowest BCUT2D eigenvalue weighted by Gasteiger charge is -2.01. The first-order valence-electron chi connectivity index (χ1n) is 6.31. The Bertz CT molecular complexity index is 542. The average molecular weight is 327 g/mol. The Balaban J connectivity index is 2.06. The van der Waals surface area contributed by atoms with Crippen LogP contribution in [0.15, 0.2) is 33.3 Å². The number of hydrogen-bond acceptors (Lipinski definition) is 3. The Hall–Kier alpha value is -1.20. The van der Waals surface area contributed by atoms with Gasteiger partial charge in [-0.1, -0.05) is 22.9 Å². The van der Waals surface area contributed by atoms with E-state index in [1.165, 1.54) is 6.07 Å². The zero-order valence-corrected chi connectivity index (χ0v) is 12.3. The van der Waals surface area contributed by atoms with Crippen LogP contribution in [0, 0.1) is 5.82 Å². The molecule has 0 unspecified atom stereocenters. The van der Waals surface area contributed by atoms with Gasteiger partial charge >= 0.3 is 0 Å². The molecule has 0 bridgehead atoms. The van der Waals surface area contributed by atoms with Gasteiger partial charge < -0.3 is 9.73 Å². The number of halogens is 2. The third-order valence-electron chi connectivity index (χ3n) is 2.69. The molecule has 0 aliphatic carbocycles. The molecule has 0 amide bonds. The molecule has 1 N–H and O–H groups in total. The largest absolute Gasteiger partial charge is 0.441 e. The van der Waals surface area contributed by atoms with Gasteiger partial charge in [0.05, 0.1) is 11.8 Å². The van der Waals surface area contributed by atoms with Crippen molar-refractivity contribution >= 4 is 15.9 Å². The van der Waals surface area contributed by atoms with Crippen LogP contribution in [0.4, 0.5) is 4.39 Å². The Morgan fingerprint density at radius 2 is 2.21 bits per heavy atom. The minimum Gasteiger partial charge on any atom is -0.441 e. The lowest BCUT2D eigenvalue weighted by atomic mass is 10.2. The summed E-state index contributed by atoms with van der Waals surface area (Å²) in [6.45, 7) is 3.91. The normalized spacial score (nSPS) is 10.9. The van der Waals surface area contributed by atoms with Gasteiger partial charge in [0.2, 0.25) is 0 Å². The standard InChI is InChI=1S/C14H16BrFN2O/c1-2-6-17-7-5-14-18-9-13(19-14)11-8-10(15)3-4-12(11)16/h3-4,8-9,17H,2,5-7H2,1H3. The van der Waals surface area contributed by atoms with E-state index >= 15 is 0 Å². The van der Waals surface area contributed by atoms with Gasteiger partial charge in [-0.05, 0) is 31.2 Å². The summed E-state index contributed by atoms with van der Waals surface area (Å²) in [5.74, 6) is 0.775. The van der Waals surface area contributed by atoms with Crippen LogP contribution in [0.2, 0.25) is 0 Å². The first-order chi connectivity index (χ1) is 9.20. The minimum absolute atomic E-state index is 0.310. The number of nitrogens with zero attached hydrogens (tertiary/aromatic N) is 1. The van der Waals surface area contributed by atoms with Crippen molar-refractivity contribution in [1.82, 2.24) is 10.3 Å². The maximum atomic E-state index is 13.7. The lowest BCUT2D eigenvalue weighted by molar-refractivity contribution is 0.491. The summed E-state index contributed by atoms with van der Waals surface area (Å²) in [6, 6.07) is 4.75. The molecule has 0 spiro atoms. The summed E-state index contributed by atoms with van der Waals surface area (Å²) in [6.07, 6.45) is 3.37. The Labute approximate surface area is 120 Å². The SMILES string of the molecule is CCCNCCc1ncc(-c2cc(Br)ccc2F)o1. The molecule has 1 aromatic heterocycles. The van der Waals surface area contributed by atoms with Crippen LogP contribution in [0.5, 0.6) is 0 Å². The number of rotatable bonds is 6. The van der Waals surface area contributed by atoms with Crippen molar-refractivity contribution in [3.8, 4) is 11.3 Å². The number of oxazole rings is 1. The topological polar surface area (TPSA) is 38.1 Å². The number of hydrogen-bond donors (Lipinski definition) is 1. The second kappa shape index (κ2) is 6.82. The van der Waals surface area contributed by atoms with E-state index in [-0.39, 0.29) is 5.82 Å².